The molecular formula is C12H14ClNO3. The predicted molar refractivity (Wildman–Crippen MR) is 68.0 cm³/mol. The van der Waals surface area contributed by atoms with Crippen molar-refractivity contribution in [2.24, 2.45) is 0 Å². The Labute approximate surface area is 105 Å². The molecule has 0 aliphatic heterocycles. The third-order valence-electron chi connectivity index (χ3n) is 2.05. The molecule has 0 aliphatic carbocycles. The molecule has 1 rings (SSSR count). The average Bonchev–Trinajstić information content (AvgIpc) is 2.29. The van der Waals surface area contributed by atoms with E-state index in [2.05, 4.69) is 5.32 Å². The summed E-state index contributed by atoms with van der Waals surface area (Å²) in [4.78, 5) is 11.4. The number of rotatable bonds is 4. The number of methoxy groups -OCH3 is 2. The minimum atomic E-state index is -0.243. The minimum Gasteiger partial charge on any atom is -0.495 e. The number of anilines is 1. The Hall–Kier alpha value is -1.68. The van der Waals surface area contributed by atoms with Gasteiger partial charge in [0.25, 0.3) is 0 Å². The zero-order chi connectivity index (χ0) is 12.8. The lowest BCUT2D eigenvalue weighted by molar-refractivity contribution is -0.111. The third-order valence-corrected chi connectivity index (χ3v) is 2.35. The van der Waals surface area contributed by atoms with E-state index in [1.165, 1.54) is 20.3 Å². The van der Waals surface area contributed by atoms with Gasteiger partial charge in [-0.3, -0.25) is 4.79 Å². The second kappa shape index (κ2) is 6.15. The van der Waals surface area contributed by atoms with Crippen molar-refractivity contribution in [1.29, 1.82) is 0 Å². The predicted octanol–water partition coefficient (Wildman–Crippen LogP) is 2.87. The Bertz CT molecular complexity index is 444. The zero-order valence-electron chi connectivity index (χ0n) is 9.91. The summed E-state index contributed by atoms with van der Waals surface area (Å²) < 4.78 is 10.2. The van der Waals surface area contributed by atoms with E-state index in [0.717, 1.165) is 0 Å². The number of ether oxygens (including phenoxy) is 2. The van der Waals surface area contributed by atoms with Gasteiger partial charge in [0.1, 0.15) is 11.5 Å². The molecule has 0 saturated carbocycles. The molecule has 4 nitrogen and oxygen atoms in total. The molecule has 1 N–H and O–H groups in total. The molecule has 92 valence electrons. The van der Waals surface area contributed by atoms with Gasteiger partial charge in [-0.2, -0.15) is 0 Å². The van der Waals surface area contributed by atoms with Crippen molar-refractivity contribution in [3.05, 3.63) is 29.3 Å². The lowest BCUT2D eigenvalue weighted by atomic mass is 10.2. The summed E-state index contributed by atoms with van der Waals surface area (Å²) in [5.41, 5.74) is 0.501. The summed E-state index contributed by atoms with van der Waals surface area (Å²) in [7, 11) is 3.02. The summed E-state index contributed by atoms with van der Waals surface area (Å²) in [6, 6.07) is 3.20. The molecule has 17 heavy (non-hydrogen) atoms. The summed E-state index contributed by atoms with van der Waals surface area (Å²) in [5, 5.41) is 3.07. The standard InChI is InChI=1S/C12H14ClNO3/c1-4-5-12(15)14-9-6-8(13)10(16-2)7-11(9)17-3/h4-7H,1-3H3,(H,14,15). The molecule has 0 radical (unpaired) electrons. The Morgan fingerprint density at radius 2 is 1.94 bits per heavy atom. The van der Waals surface area contributed by atoms with Gasteiger partial charge in [0, 0.05) is 6.07 Å². The number of amides is 1. The number of nitrogens with one attached hydrogen (secondary N) is 1. The highest BCUT2D eigenvalue weighted by molar-refractivity contribution is 6.32. The first kappa shape index (κ1) is 13.4. The van der Waals surface area contributed by atoms with E-state index < -0.39 is 0 Å². The number of carbonyl (C=O) groups excluding carboxylic acids is 1. The van der Waals surface area contributed by atoms with Crippen molar-refractivity contribution in [3.8, 4) is 11.5 Å². The molecule has 0 saturated heterocycles. The SMILES string of the molecule is CC=CC(=O)Nc1cc(Cl)c(OC)cc1OC. The smallest absolute Gasteiger partial charge is 0.248 e. The van der Waals surface area contributed by atoms with Crippen LogP contribution in [0.2, 0.25) is 5.02 Å². The van der Waals surface area contributed by atoms with Gasteiger partial charge in [0.05, 0.1) is 24.9 Å². The summed E-state index contributed by atoms with van der Waals surface area (Å²) >= 11 is 5.97. The van der Waals surface area contributed by atoms with Crippen LogP contribution < -0.4 is 14.8 Å². The van der Waals surface area contributed by atoms with E-state index >= 15 is 0 Å². The fourth-order valence-corrected chi connectivity index (χ4v) is 1.52. The van der Waals surface area contributed by atoms with Gasteiger partial charge in [-0.25, -0.2) is 0 Å². The van der Waals surface area contributed by atoms with Gasteiger partial charge >= 0.3 is 0 Å². The average molecular weight is 256 g/mol. The van der Waals surface area contributed by atoms with Gasteiger partial charge in [-0.05, 0) is 19.1 Å². The fraction of sp³-hybridized carbons (Fsp3) is 0.250. The molecule has 1 aromatic rings. The molecule has 0 atom stereocenters. The maximum Gasteiger partial charge on any atom is 0.248 e. The van der Waals surface area contributed by atoms with Crippen LogP contribution in [-0.4, -0.2) is 20.1 Å². The van der Waals surface area contributed by atoms with E-state index in [0.29, 0.717) is 22.2 Å². The van der Waals surface area contributed by atoms with Crippen LogP contribution in [-0.2, 0) is 4.79 Å². The Balaban J connectivity index is 3.06. The molecule has 0 spiro atoms. The van der Waals surface area contributed by atoms with Crippen molar-refractivity contribution in [3.63, 3.8) is 0 Å². The quantitative estimate of drug-likeness (QED) is 0.842. The molecule has 0 fully saturated rings. The topological polar surface area (TPSA) is 47.6 Å². The van der Waals surface area contributed by atoms with E-state index in [4.69, 9.17) is 21.1 Å². The maximum absolute atomic E-state index is 11.4. The van der Waals surface area contributed by atoms with Crippen LogP contribution in [0.3, 0.4) is 0 Å². The highest BCUT2D eigenvalue weighted by Crippen LogP contribution is 2.35. The van der Waals surface area contributed by atoms with Gasteiger partial charge in [-0.15, -0.1) is 0 Å². The lowest BCUT2D eigenvalue weighted by Crippen LogP contribution is -2.09. The zero-order valence-corrected chi connectivity index (χ0v) is 10.7. The minimum absolute atomic E-state index is 0.243. The number of halogens is 1. The van der Waals surface area contributed by atoms with Crippen molar-refractivity contribution in [2.75, 3.05) is 19.5 Å². The summed E-state index contributed by atoms with van der Waals surface area (Å²) in [6.07, 6.45) is 3.06. The second-order valence-electron chi connectivity index (χ2n) is 3.18. The molecule has 1 amide bonds. The first-order chi connectivity index (χ1) is 8.12. The van der Waals surface area contributed by atoms with Crippen LogP contribution in [0.4, 0.5) is 5.69 Å². The van der Waals surface area contributed by atoms with Crippen LogP contribution >= 0.6 is 11.6 Å². The molecule has 0 unspecified atom stereocenters. The fourth-order valence-electron chi connectivity index (χ4n) is 1.28. The van der Waals surface area contributed by atoms with Gasteiger partial charge in [0.15, 0.2) is 0 Å². The van der Waals surface area contributed by atoms with Crippen LogP contribution in [0.1, 0.15) is 6.92 Å². The van der Waals surface area contributed by atoms with Crippen LogP contribution in [0.15, 0.2) is 24.3 Å². The second-order valence-corrected chi connectivity index (χ2v) is 3.58. The molecule has 5 heteroatoms. The normalized spacial score (nSPS) is 10.4. The summed E-state index contributed by atoms with van der Waals surface area (Å²) in [6.45, 7) is 1.76. The van der Waals surface area contributed by atoms with Gasteiger partial charge in [0.2, 0.25) is 5.91 Å². The monoisotopic (exact) mass is 255 g/mol. The Kier molecular flexibility index (Phi) is 4.84. The highest BCUT2D eigenvalue weighted by atomic mass is 35.5. The lowest BCUT2D eigenvalue weighted by Gasteiger charge is -2.12. The van der Waals surface area contributed by atoms with Gasteiger partial charge < -0.3 is 14.8 Å². The van der Waals surface area contributed by atoms with E-state index in [1.807, 2.05) is 0 Å². The largest absolute Gasteiger partial charge is 0.495 e. The van der Waals surface area contributed by atoms with E-state index in [9.17, 15) is 4.79 Å². The first-order valence-corrected chi connectivity index (χ1v) is 5.35. The number of hydrogen-bond donors (Lipinski definition) is 1. The van der Waals surface area contributed by atoms with E-state index in [-0.39, 0.29) is 5.91 Å². The number of allylic oxidation sites excluding steroid dienone is 1. The maximum atomic E-state index is 11.4. The third kappa shape index (κ3) is 3.39. The van der Waals surface area contributed by atoms with Crippen molar-refractivity contribution < 1.29 is 14.3 Å². The number of carbonyl (C=O) groups is 1. The van der Waals surface area contributed by atoms with Crippen LogP contribution in [0, 0.1) is 0 Å². The highest BCUT2D eigenvalue weighted by Gasteiger charge is 2.11. The van der Waals surface area contributed by atoms with Gasteiger partial charge in [-0.1, -0.05) is 17.7 Å². The molecule has 0 aliphatic rings. The first-order valence-electron chi connectivity index (χ1n) is 4.97. The Morgan fingerprint density at radius 1 is 1.29 bits per heavy atom. The number of hydrogen-bond acceptors (Lipinski definition) is 3. The van der Waals surface area contributed by atoms with Crippen LogP contribution in [0.5, 0.6) is 11.5 Å². The number of benzene rings is 1. The van der Waals surface area contributed by atoms with Crippen molar-refractivity contribution in [2.45, 2.75) is 6.92 Å². The van der Waals surface area contributed by atoms with Crippen LogP contribution in [0.25, 0.3) is 0 Å². The summed E-state index contributed by atoms with van der Waals surface area (Å²) in [5.74, 6) is 0.740. The van der Waals surface area contributed by atoms with Crippen molar-refractivity contribution >= 4 is 23.2 Å². The Morgan fingerprint density at radius 3 is 2.47 bits per heavy atom. The molecule has 1 aromatic carbocycles. The molecule has 0 aromatic heterocycles. The van der Waals surface area contributed by atoms with E-state index in [1.54, 1.807) is 25.1 Å². The molecule has 0 bridgehead atoms. The molecular weight excluding hydrogens is 242 g/mol. The molecule has 0 heterocycles. The van der Waals surface area contributed by atoms with Crippen molar-refractivity contribution in [1.82, 2.24) is 0 Å².